The summed E-state index contributed by atoms with van der Waals surface area (Å²) in [6, 6.07) is 7.85. The van der Waals surface area contributed by atoms with E-state index in [1.807, 2.05) is 29.2 Å². The molecule has 0 aromatic heterocycles. The van der Waals surface area contributed by atoms with E-state index in [1.165, 1.54) is 0 Å². The Morgan fingerprint density at radius 3 is 3.00 bits per heavy atom. The van der Waals surface area contributed by atoms with E-state index in [0.29, 0.717) is 6.54 Å². The predicted octanol–water partition coefficient (Wildman–Crippen LogP) is 1.69. The number of carbonyl (C=O) groups excluding carboxylic acids is 1. The number of carbonyl (C=O) groups is 1. The molecule has 4 nitrogen and oxygen atoms in total. The van der Waals surface area contributed by atoms with Gasteiger partial charge in [0.1, 0.15) is 0 Å². The van der Waals surface area contributed by atoms with Gasteiger partial charge in [0.15, 0.2) is 0 Å². The summed E-state index contributed by atoms with van der Waals surface area (Å²) < 4.78 is 1.03. The molecule has 1 heterocycles. The average Bonchev–Trinajstić information content (AvgIpc) is 2.79. The predicted molar refractivity (Wildman–Crippen MR) is 79.5 cm³/mol. The molecule has 1 aliphatic rings. The van der Waals surface area contributed by atoms with Crippen LogP contribution in [0.1, 0.15) is 12.8 Å². The first-order valence-electron chi connectivity index (χ1n) is 6.10. The number of benzene rings is 1. The number of halogens is 1. The van der Waals surface area contributed by atoms with Crippen molar-refractivity contribution in [1.82, 2.24) is 4.90 Å². The molecular formula is C13H17IN2O2. The van der Waals surface area contributed by atoms with E-state index in [9.17, 15) is 9.90 Å². The van der Waals surface area contributed by atoms with Crippen LogP contribution in [-0.2, 0) is 4.79 Å². The molecule has 2 rings (SSSR count). The molecule has 1 aromatic rings. The van der Waals surface area contributed by atoms with Gasteiger partial charge in [-0.25, -0.2) is 0 Å². The highest BCUT2D eigenvalue weighted by atomic mass is 127. The Morgan fingerprint density at radius 1 is 1.50 bits per heavy atom. The summed E-state index contributed by atoms with van der Waals surface area (Å²) in [6.45, 7) is 1.39. The van der Waals surface area contributed by atoms with E-state index >= 15 is 0 Å². The Hall–Kier alpha value is -0.660. The number of aliphatic hydroxyl groups is 1. The highest BCUT2D eigenvalue weighted by Crippen LogP contribution is 2.18. The Kier molecular flexibility index (Phi) is 4.96. The molecular weight excluding hydrogens is 343 g/mol. The second kappa shape index (κ2) is 6.49. The van der Waals surface area contributed by atoms with Gasteiger partial charge in [0.2, 0.25) is 5.91 Å². The van der Waals surface area contributed by atoms with Gasteiger partial charge in [-0.1, -0.05) is 12.1 Å². The molecule has 1 atom stereocenters. The smallest absolute Gasteiger partial charge is 0.238 e. The van der Waals surface area contributed by atoms with Gasteiger partial charge in [-0.3, -0.25) is 9.69 Å². The molecule has 0 spiro atoms. The molecule has 0 radical (unpaired) electrons. The first-order chi connectivity index (χ1) is 8.70. The molecule has 0 saturated carbocycles. The maximum Gasteiger partial charge on any atom is 0.238 e. The molecule has 1 aliphatic heterocycles. The lowest BCUT2D eigenvalue weighted by molar-refractivity contribution is -0.117. The molecule has 0 aliphatic carbocycles. The Labute approximate surface area is 121 Å². The molecule has 98 valence electrons. The summed E-state index contributed by atoms with van der Waals surface area (Å²) in [4.78, 5) is 14.0. The van der Waals surface area contributed by atoms with Crippen molar-refractivity contribution in [3.8, 4) is 0 Å². The van der Waals surface area contributed by atoms with Crippen molar-refractivity contribution in [2.75, 3.05) is 25.0 Å². The number of rotatable bonds is 4. The van der Waals surface area contributed by atoms with E-state index in [4.69, 9.17) is 0 Å². The van der Waals surface area contributed by atoms with E-state index in [0.717, 1.165) is 28.6 Å². The number of likely N-dealkylation sites (tertiary alicyclic amines) is 1. The summed E-state index contributed by atoms with van der Waals surface area (Å²) in [7, 11) is 0. The largest absolute Gasteiger partial charge is 0.395 e. The Morgan fingerprint density at radius 2 is 2.28 bits per heavy atom. The number of nitrogens with one attached hydrogen (secondary N) is 1. The summed E-state index contributed by atoms with van der Waals surface area (Å²) in [5.41, 5.74) is 0.850. The summed E-state index contributed by atoms with van der Waals surface area (Å²) in [5.74, 6) is -0.0144. The Balaban J connectivity index is 1.91. The van der Waals surface area contributed by atoms with Gasteiger partial charge in [0.05, 0.1) is 18.8 Å². The lowest BCUT2D eigenvalue weighted by Crippen LogP contribution is -2.38. The average molecular weight is 360 g/mol. The molecule has 5 heteroatoms. The van der Waals surface area contributed by atoms with Crippen LogP contribution in [0.25, 0.3) is 0 Å². The normalized spacial score (nSPS) is 20.0. The fourth-order valence-corrected chi connectivity index (χ4v) is 2.77. The zero-order chi connectivity index (χ0) is 13.0. The maximum atomic E-state index is 11.9. The van der Waals surface area contributed by atoms with Crippen LogP contribution in [0.3, 0.4) is 0 Å². The summed E-state index contributed by atoms with van der Waals surface area (Å²) in [5, 5.41) is 12.1. The van der Waals surface area contributed by atoms with Crippen molar-refractivity contribution in [3.05, 3.63) is 27.8 Å². The number of nitrogens with zero attached hydrogens (tertiary/aromatic N) is 1. The SMILES string of the molecule is O=C(CN1CCC[C@@H]1CO)Nc1ccccc1I. The van der Waals surface area contributed by atoms with E-state index in [-0.39, 0.29) is 18.6 Å². The Bertz CT molecular complexity index is 425. The lowest BCUT2D eigenvalue weighted by atomic mass is 10.2. The van der Waals surface area contributed by atoms with Crippen LogP contribution in [0.15, 0.2) is 24.3 Å². The first kappa shape index (κ1) is 13.8. The van der Waals surface area contributed by atoms with Gasteiger partial charge in [-0.15, -0.1) is 0 Å². The molecule has 1 aromatic carbocycles. The summed E-state index contributed by atoms with van der Waals surface area (Å²) >= 11 is 2.20. The molecule has 0 unspecified atom stereocenters. The van der Waals surface area contributed by atoms with Crippen molar-refractivity contribution in [3.63, 3.8) is 0 Å². The zero-order valence-corrected chi connectivity index (χ0v) is 12.3. The number of para-hydroxylation sites is 1. The quantitative estimate of drug-likeness (QED) is 0.804. The van der Waals surface area contributed by atoms with Crippen LogP contribution in [0.5, 0.6) is 0 Å². The van der Waals surface area contributed by atoms with Crippen LogP contribution >= 0.6 is 22.6 Å². The third-order valence-corrected chi connectivity index (χ3v) is 4.15. The van der Waals surface area contributed by atoms with Crippen LogP contribution in [0, 0.1) is 3.57 Å². The fraction of sp³-hybridized carbons (Fsp3) is 0.462. The minimum Gasteiger partial charge on any atom is -0.395 e. The first-order valence-corrected chi connectivity index (χ1v) is 7.18. The van der Waals surface area contributed by atoms with Gasteiger partial charge in [0.25, 0.3) is 0 Å². The third-order valence-electron chi connectivity index (χ3n) is 3.20. The number of hydrogen-bond acceptors (Lipinski definition) is 3. The molecule has 1 amide bonds. The number of aliphatic hydroxyl groups excluding tert-OH is 1. The van der Waals surface area contributed by atoms with Crippen LogP contribution < -0.4 is 5.32 Å². The van der Waals surface area contributed by atoms with Crippen LogP contribution in [0.2, 0.25) is 0 Å². The maximum absolute atomic E-state index is 11.9. The zero-order valence-electron chi connectivity index (χ0n) is 10.1. The number of hydrogen-bond donors (Lipinski definition) is 2. The van der Waals surface area contributed by atoms with Crippen molar-refractivity contribution in [1.29, 1.82) is 0 Å². The van der Waals surface area contributed by atoms with Crippen molar-refractivity contribution >= 4 is 34.2 Å². The minimum atomic E-state index is -0.0144. The summed E-state index contributed by atoms with van der Waals surface area (Å²) in [6.07, 6.45) is 2.04. The number of anilines is 1. The van der Waals surface area contributed by atoms with Gasteiger partial charge >= 0.3 is 0 Å². The standard InChI is InChI=1S/C13H17IN2O2/c14-11-5-1-2-6-12(11)15-13(18)8-16-7-3-4-10(16)9-17/h1-2,5-6,10,17H,3-4,7-9H2,(H,15,18)/t10-/m1/s1. The lowest BCUT2D eigenvalue weighted by Gasteiger charge is -2.21. The molecule has 2 N–H and O–H groups in total. The van der Waals surface area contributed by atoms with E-state index < -0.39 is 0 Å². The molecule has 18 heavy (non-hydrogen) atoms. The van der Waals surface area contributed by atoms with Crippen molar-refractivity contribution in [2.45, 2.75) is 18.9 Å². The van der Waals surface area contributed by atoms with Gasteiger partial charge in [-0.2, -0.15) is 0 Å². The number of amides is 1. The monoisotopic (exact) mass is 360 g/mol. The highest BCUT2D eigenvalue weighted by molar-refractivity contribution is 14.1. The van der Waals surface area contributed by atoms with Crippen LogP contribution in [0.4, 0.5) is 5.69 Å². The second-order valence-corrected chi connectivity index (χ2v) is 5.64. The molecule has 1 fully saturated rings. The van der Waals surface area contributed by atoms with Gasteiger partial charge in [0, 0.05) is 9.61 Å². The van der Waals surface area contributed by atoms with E-state index in [2.05, 4.69) is 27.9 Å². The highest BCUT2D eigenvalue weighted by Gasteiger charge is 2.25. The van der Waals surface area contributed by atoms with Gasteiger partial charge in [-0.05, 0) is 54.1 Å². The molecule has 1 saturated heterocycles. The fourth-order valence-electron chi connectivity index (χ4n) is 2.25. The minimum absolute atomic E-state index is 0.0144. The van der Waals surface area contributed by atoms with Crippen molar-refractivity contribution in [2.24, 2.45) is 0 Å². The van der Waals surface area contributed by atoms with E-state index in [1.54, 1.807) is 0 Å². The van der Waals surface area contributed by atoms with Crippen molar-refractivity contribution < 1.29 is 9.90 Å². The second-order valence-electron chi connectivity index (χ2n) is 4.48. The topological polar surface area (TPSA) is 52.6 Å². The van der Waals surface area contributed by atoms with Gasteiger partial charge < -0.3 is 10.4 Å². The molecule has 0 bridgehead atoms. The van der Waals surface area contributed by atoms with Crippen LogP contribution in [-0.4, -0.2) is 41.7 Å². The third kappa shape index (κ3) is 3.43.